The Balaban J connectivity index is 0. The van der Waals surface area contributed by atoms with Crippen LogP contribution >= 0.6 is 0 Å². The summed E-state index contributed by atoms with van der Waals surface area (Å²) in [6, 6.07) is 2.26. The zero-order valence-corrected chi connectivity index (χ0v) is 27.2. The first kappa shape index (κ1) is 39.3. The number of Topliss-reactive ketones (excluding diaryl/α,β-unsaturated/α-hetero) is 1. The number of carbonyl (C=O) groups is 1. The number of rotatable bonds is 8. The zero-order chi connectivity index (χ0) is 31.6. The average molecular weight is 562 g/mol. The van der Waals surface area contributed by atoms with E-state index in [-0.39, 0.29) is 34.7 Å². The van der Waals surface area contributed by atoms with E-state index >= 15 is 0 Å². The number of hydrogen-bond acceptors (Lipinski definition) is 6. The summed E-state index contributed by atoms with van der Waals surface area (Å²) < 4.78 is 15.1. The predicted octanol–water partition coefficient (Wildman–Crippen LogP) is 7.03. The summed E-state index contributed by atoms with van der Waals surface area (Å²) in [6.45, 7) is 23.4. The Kier molecular flexibility index (Phi) is 19.7. The van der Waals surface area contributed by atoms with Crippen molar-refractivity contribution >= 4 is 22.6 Å². The van der Waals surface area contributed by atoms with E-state index < -0.39 is 5.82 Å². The van der Waals surface area contributed by atoms with Gasteiger partial charge in [0, 0.05) is 25.7 Å². The molecule has 1 unspecified atom stereocenters. The van der Waals surface area contributed by atoms with Crippen molar-refractivity contribution in [3.8, 4) is 0 Å². The van der Waals surface area contributed by atoms with Crippen molar-refractivity contribution in [3.05, 3.63) is 57.2 Å². The van der Waals surface area contributed by atoms with E-state index in [1.165, 1.54) is 16.7 Å². The minimum absolute atomic E-state index is 0.0844. The smallest absolute Gasteiger partial charge is 0.262 e. The van der Waals surface area contributed by atoms with Crippen molar-refractivity contribution in [3.63, 3.8) is 0 Å². The second-order valence-electron chi connectivity index (χ2n) is 9.53. The maximum atomic E-state index is 13.7. The molecule has 40 heavy (non-hydrogen) atoms. The fourth-order valence-corrected chi connectivity index (χ4v) is 3.76. The van der Waals surface area contributed by atoms with Crippen LogP contribution in [0.25, 0.3) is 10.9 Å². The molecule has 1 aromatic heterocycles. The number of halogens is 1. The molecule has 1 aliphatic carbocycles. The Bertz CT molecular complexity index is 1170. The number of allylic oxidation sites excluding steroid dienone is 3. The van der Waals surface area contributed by atoms with Gasteiger partial charge in [-0.15, -0.1) is 0 Å². The van der Waals surface area contributed by atoms with Gasteiger partial charge >= 0.3 is 0 Å². The topological polar surface area (TPSA) is 116 Å². The standard InChI is InChI=1S/C18H27FN4O.C8H11NO.3C2H6/c1-5-6-18(2,3)7-8-21-17-22-15-12(11-20)9-13(19)10-14(15)16(24)23(17)4;1-3-5(2)4-6-7(9)8(6)10;3*1-2/h9-10H,5-8,11,20H2,1-4H3,(H,21,22);3-4,7H,9H2,1-2H3;3*1-2H3/b;5-3-,6-4+;;;. The van der Waals surface area contributed by atoms with Gasteiger partial charge in [-0.05, 0) is 49.8 Å². The Hall–Kier alpha value is -2.84. The molecule has 2 aromatic rings. The second kappa shape index (κ2) is 20.1. The predicted molar refractivity (Wildman–Crippen MR) is 171 cm³/mol. The van der Waals surface area contributed by atoms with Crippen LogP contribution in [0, 0.1) is 11.2 Å². The van der Waals surface area contributed by atoms with Crippen molar-refractivity contribution < 1.29 is 9.18 Å². The van der Waals surface area contributed by atoms with E-state index in [0.717, 1.165) is 37.0 Å². The van der Waals surface area contributed by atoms with E-state index in [9.17, 15) is 14.0 Å². The van der Waals surface area contributed by atoms with Crippen LogP contribution in [0.15, 0.2) is 40.2 Å². The number of nitrogens with two attached hydrogens (primary N) is 2. The third-order valence-electron chi connectivity index (χ3n) is 6.11. The first-order valence-electron chi connectivity index (χ1n) is 14.7. The first-order valence-corrected chi connectivity index (χ1v) is 14.7. The Morgan fingerprint density at radius 2 is 1.68 bits per heavy atom. The molecule has 1 heterocycles. The lowest BCUT2D eigenvalue weighted by Crippen LogP contribution is -2.25. The van der Waals surface area contributed by atoms with Crippen LogP contribution in [0.2, 0.25) is 0 Å². The lowest BCUT2D eigenvalue weighted by atomic mass is 9.85. The van der Waals surface area contributed by atoms with Crippen LogP contribution in [0.1, 0.15) is 101 Å². The van der Waals surface area contributed by atoms with Crippen LogP contribution in [0.5, 0.6) is 0 Å². The highest BCUT2D eigenvalue weighted by atomic mass is 19.1. The zero-order valence-electron chi connectivity index (χ0n) is 27.2. The molecule has 0 radical (unpaired) electrons. The van der Waals surface area contributed by atoms with E-state index in [2.05, 4.69) is 31.1 Å². The molecule has 5 N–H and O–H groups in total. The quantitative estimate of drug-likeness (QED) is 0.298. The van der Waals surface area contributed by atoms with Crippen LogP contribution in [-0.2, 0) is 18.4 Å². The molecule has 0 amide bonds. The maximum Gasteiger partial charge on any atom is 0.262 e. The number of ketones is 1. The minimum Gasteiger partial charge on any atom is -0.356 e. The molecule has 1 aliphatic rings. The molecule has 0 aliphatic heterocycles. The van der Waals surface area contributed by atoms with Gasteiger partial charge in [0.2, 0.25) is 5.95 Å². The lowest BCUT2D eigenvalue weighted by Gasteiger charge is -2.24. The molecule has 1 aromatic carbocycles. The molecule has 0 spiro atoms. The highest BCUT2D eigenvalue weighted by Gasteiger charge is 2.38. The van der Waals surface area contributed by atoms with Gasteiger partial charge in [-0.1, -0.05) is 86.5 Å². The van der Waals surface area contributed by atoms with Gasteiger partial charge in [0.25, 0.3) is 5.56 Å². The number of nitrogens with zero attached hydrogens (tertiary/aromatic N) is 2. The van der Waals surface area contributed by atoms with Crippen LogP contribution in [-0.4, -0.2) is 27.9 Å². The SMILES string of the molecule is C/C=C(C)\C=C1\C(=O)C1N.CC.CC.CC.CCCC(C)(C)CCNc1nc2c(CN)cc(F)cc2c(=O)n1C. The van der Waals surface area contributed by atoms with Gasteiger partial charge in [0.1, 0.15) is 5.82 Å². The molecule has 1 fully saturated rings. The summed E-state index contributed by atoms with van der Waals surface area (Å²) in [5.74, 6) is 0.103. The maximum absolute atomic E-state index is 13.7. The number of benzene rings is 1. The molecular weight excluding hydrogens is 505 g/mol. The van der Waals surface area contributed by atoms with E-state index in [1.54, 1.807) is 7.05 Å². The molecule has 1 saturated carbocycles. The molecule has 0 bridgehead atoms. The largest absolute Gasteiger partial charge is 0.356 e. The van der Waals surface area contributed by atoms with E-state index in [4.69, 9.17) is 11.5 Å². The van der Waals surface area contributed by atoms with Gasteiger partial charge < -0.3 is 16.8 Å². The molecule has 8 heteroatoms. The summed E-state index contributed by atoms with van der Waals surface area (Å²) in [4.78, 5) is 27.7. The van der Waals surface area contributed by atoms with Gasteiger partial charge in [0.15, 0.2) is 5.78 Å². The lowest BCUT2D eigenvalue weighted by molar-refractivity contribution is -0.109. The summed E-state index contributed by atoms with van der Waals surface area (Å²) >= 11 is 0. The van der Waals surface area contributed by atoms with Crippen LogP contribution in [0.3, 0.4) is 0 Å². The van der Waals surface area contributed by atoms with Gasteiger partial charge in [-0.2, -0.15) is 0 Å². The second-order valence-corrected chi connectivity index (χ2v) is 9.53. The average Bonchev–Trinajstić information content (AvgIpc) is 3.52. The Labute approximate surface area is 242 Å². The number of fused-ring (bicyclic) bond motifs is 1. The van der Waals surface area contributed by atoms with Crippen molar-refractivity contribution in [2.75, 3.05) is 11.9 Å². The number of hydrogen-bond donors (Lipinski definition) is 3. The normalized spacial score (nSPS) is 15.0. The van der Waals surface area contributed by atoms with Gasteiger partial charge in [-0.25, -0.2) is 9.37 Å². The van der Waals surface area contributed by atoms with Crippen molar-refractivity contribution in [1.29, 1.82) is 0 Å². The molecule has 1 atom stereocenters. The van der Waals surface area contributed by atoms with Crippen molar-refractivity contribution in [2.24, 2.45) is 23.9 Å². The summed E-state index contributed by atoms with van der Waals surface area (Å²) in [6.07, 6.45) is 7.06. The molecule has 7 nitrogen and oxygen atoms in total. The Morgan fingerprint density at radius 3 is 2.12 bits per heavy atom. The van der Waals surface area contributed by atoms with E-state index in [1.807, 2.05) is 67.5 Å². The van der Waals surface area contributed by atoms with E-state index in [0.29, 0.717) is 17.0 Å². The number of carbonyl (C=O) groups excluding carboxylic acids is 1. The van der Waals surface area contributed by atoms with Crippen LogP contribution < -0.4 is 22.3 Å². The van der Waals surface area contributed by atoms with Gasteiger partial charge in [-0.3, -0.25) is 14.2 Å². The minimum atomic E-state index is -0.469. The summed E-state index contributed by atoms with van der Waals surface area (Å²) in [5, 5.41) is 3.50. The van der Waals surface area contributed by atoms with Crippen molar-refractivity contribution in [1.82, 2.24) is 9.55 Å². The molecule has 228 valence electrons. The fourth-order valence-electron chi connectivity index (χ4n) is 3.76. The monoisotopic (exact) mass is 561 g/mol. The highest BCUT2D eigenvalue weighted by molar-refractivity contribution is 6.20. The number of aromatic nitrogens is 2. The third kappa shape index (κ3) is 12.1. The van der Waals surface area contributed by atoms with Crippen molar-refractivity contribution in [2.45, 2.75) is 108 Å². The highest BCUT2D eigenvalue weighted by Crippen LogP contribution is 2.26. The number of nitrogens with one attached hydrogen (secondary N) is 1. The third-order valence-corrected chi connectivity index (χ3v) is 6.11. The first-order chi connectivity index (χ1) is 18.9. The number of anilines is 1. The van der Waals surface area contributed by atoms with Crippen LogP contribution in [0.4, 0.5) is 10.3 Å². The molecular formula is C32H56FN5O2. The molecule has 3 rings (SSSR count). The Morgan fingerprint density at radius 1 is 1.12 bits per heavy atom. The fraction of sp³-hybridized carbons (Fsp3) is 0.594. The molecule has 0 saturated heterocycles. The van der Waals surface area contributed by atoms with Gasteiger partial charge in [0.05, 0.1) is 16.9 Å². The summed E-state index contributed by atoms with van der Waals surface area (Å²) in [7, 11) is 1.64. The summed E-state index contributed by atoms with van der Waals surface area (Å²) in [5.41, 5.74) is 13.9.